The van der Waals surface area contributed by atoms with Crippen molar-refractivity contribution in [2.75, 3.05) is 19.6 Å². The van der Waals surface area contributed by atoms with Gasteiger partial charge in [-0.3, -0.25) is 24.0 Å². The van der Waals surface area contributed by atoms with Gasteiger partial charge in [0.2, 0.25) is 5.91 Å². The summed E-state index contributed by atoms with van der Waals surface area (Å²) in [7, 11) is 0. The molecule has 0 bridgehead atoms. The summed E-state index contributed by atoms with van der Waals surface area (Å²) in [4.78, 5) is 41.6. The minimum Gasteiger partial charge on any atom is -0.353 e. The van der Waals surface area contributed by atoms with Gasteiger partial charge in [-0.05, 0) is 43.6 Å². The molecule has 4 rings (SSSR count). The summed E-state index contributed by atoms with van der Waals surface area (Å²) in [6.45, 7) is 2.36. The predicted molar refractivity (Wildman–Crippen MR) is 112 cm³/mol. The van der Waals surface area contributed by atoms with Gasteiger partial charge in [0, 0.05) is 6.54 Å². The number of nitrogens with zero attached hydrogens (tertiary/aromatic N) is 2. The van der Waals surface area contributed by atoms with Crippen LogP contribution in [0.1, 0.15) is 24.4 Å². The van der Waals surface area contributed by atoms with Gasteiger partial charge in [0.25, 0.3) is 5.56 Å². The van der Waals surface area contributed by atoms with Crippen molar-refractivity contribution in [3.05, 3.63) is 81.0 Å². The zero-order valence-corrected chi connectivity index (χ0v) is 16.1. The number of hydrogen-bond donors (Lipinski definition) is 2. The fraction of sp³-hybridized carbons (Fsp3) is 0.318. The topological polar surface area (TPSA) is 87.2 Å². The third-order valence-electron chi connectivity index (χ3n) is 5.47. The Kier molecular flexibility index (Phi) is 5.57. The van der Waals surface area contributed by atoms with Crippen molar-refractivity contribution in [3.63, 3.8) is 0 Å². The van der Waals surface area contributed by atoms with E-state index in [1.165, 1.54) is 10.1 Å². The van der Waals surface area contributed by atoms with Gasteiger partial charge in [0.1, 0.15) is 6.54 Å². The molecule has 2 N–H and O–H groups in total. The van der Waals surface area contributed by atoms with Gasteiger partial charge in [-0.1, -0.05) is 42.5 Å². The second-order valence-corrected chi connectivity index (χ2v) is 7.34. The lowest BCUT2D eigenvalue weighted by atomic mass is 10.1. The van der Waals surface area contributed by atoms with E-state index in [-0.39, 0.29) is 18.5 Å². The van der Waals surface area contributed by atoms with Crippen LogP contribution in [0.4, 0.5) is 0 Å². The van der Waals surface area contributed by atoms with Crippen molar-refractivity contribution < 1.29 is 4.79 Å². The van der Waals surface area contributed by atoms with E-state index < -0.39 is 11.2 Å². The minimum absolute atomic E-state index is 0.103. The largest absolute Gasteiger partial charge is 0.353 e. The van der Waals surface area contributed by atoms with Crippen molar-refractivity contribution in [2.24, 2.45) is 0 Å². The maximum absolute atomic E-state index is 12.7. The van der Waals surface area contributed by atoms with Crippen molar-refractivity contribution in [1.29, 1.82) is 0 Å². The number of hydrogen-bond acceptors (Lipinski definition) is 4. The van der Waals surface area contributed by atoms with Gasteiger partial charge in [-0.25, -0.2) is 4.79 Å². The first kappa shape index (κ1) is 19.1. The van der Waals surface area contributed by atoms with E-state index in [9.17, 15) is 14.4 Å². The average Bonchev–Trinajstić information content (AvgIpc) is 3.27. The number of aromatic amines is 1. The van der Waals surface area contributed by atoms with Crippen LogP contribution in [-0.4, -0.2) is 40.0 Å². The number of likely N-dealkylation sites (tertiary alicyclic amines) is 1. The van der Waals surface area contributed by atoms with Crippen LogP contribution < -0.4 is 16.6 Å². The quantitative estimate of drug-likeness (QED) is 0.668. The summed E-state index contributed by atoms with van der Waals surface area (Å²) in [5, 5.41) is 3.37. The lowest BCUT2D eigenvalue weighted by molar-refractivity contribution is -0.121. The number of rotatable bonds is 6. The molecule has 1 aliphatic heterocycles. The summed E-state index contributed by atoms with van der Waals surface area (Å²) in [6.07, 6.45) is 2.33. The van der Waals surface area contributed by atoms with Crippen molar-refractivity contribution in [1.82, 2.24) is 19.8 Å². The van der Waals surface area contributed by atoms with E-state index in [1.807, 2.05) is 18.2 Å². The molecule has 7 nitrogen and oxygen atoms in total. The number of aromatic nitrogens is 2. The second-order valence-electron chi connectivity index (χ2n) is 7.34. The summed E-state index contributed by atoms with van der Waals surface area (Å²) in [5.74, 6) is -0.260. The van der Waals surface area contributed by atoms with Gasteiger partial charge < -0.3 is 5.32 Å². The molecule has 1 aromatic heterocycles. The van der Waals surface area contributed by atoms with Gasteiger partial charge in [0.15, 0.2) is 0 Å². The van der Waals surface area contributed by atoms with Crippen molar-refractivity contribution >= 4 is 16.8 Å². The van der Waals surface area contributed by atoms with Gasteiger partial charge in [0.05, 0.1) is 16.9 Å². The molecule has 0 radical (unpaired) electrons. The van der Waals surface area contributed by atoms with E-state index in [0.29, 0.717) is 17.4 Å². The second kappa shape index (κ2) is 8.45. The molecule has 1 fully saturated rings. The smallest absolute Gasteiger partial charge is 0.329 e. The summed E-state index contributed by atoms with van der Waals surface area (Å²) >= 11 is 0. The fourth-order valence-electron chi connectivity index (χ4n) is 4.00. The van der Waals surface area contributed by atoms with Crippen LogP contribution >= 0.6 is 0 Å². The molecule has 7 heteroatoms. The Morgan fingerprint density at radius 3 is 2.45 bits per heavy atom. The molecule has 0 aliphatic carbocycles. The Balaban J connectivity index is 1.52. The highest BCUT2D eigenvalue weighted by Crippen LogP contribution is 2.24. The standard InChI is InChI=1S/C22H24N4O3/c27-20(15-26-18-11-5-4-10-17(18)21(28)24-22(26)29)23-14-19(25-12-6-7-13-25)16-8-2-1-3-9-16/h1-5,8-11,19H,6-7,12-15H2,(H,23,27)(H,24,28,29)/t19-/m0/s1. The Labute approximate surface area is 168 Å². The van der Waals surface area contributed by atoms with Crippen LogP contribution in [0.3, 0.4) is 0 Å². The highest BCUT2D eigenvalue weighted by Gasteiger charge is 2.24. The average molecular weight is 392 g/mol. The normalized spacial score (nSPS) is 15.4. The molecule has 0 unspecified atom stereocenters. The number of carbonyl (C=O) groups is 1. The van der Waals surface area contributed by atoms with Gasteiger partial charge in [-0.15, -0.1) is 0 Å². The van der Waals surface area contributed by atoms with Crippen LogP contribution in [-0.2, 0) is 11.3 Å². The highest BCUT2D eigenvalue weighted by atomic mass is 16.2. The number of nitrogens with one attached hydrogen (secondary N) is 2. The number of benzene rings is 2. The van der Waals surface area contributed by atoms with E-state index in [2.05, 4.69) is 27.3 Å². The third-order valence-corrected chi connectivity index (χ3v) is 5.47. The van der Waals surface area contributed by atoms with Gasteiger partial charge in [-0.2, -0.15) is 0 Å². The zero-order valence-electron chi connectivity index (χ0n) is 16.1. The number of fused-ring (bicyclic) bond motifs is 1. The molecule has 1 aliphatic rings. The third kappa shape index (κ3) is 4.14. The number of H-pyrrole nitrogens is 1. The molecule has 0 saturated carbocycles. The summed E-state index contributed by atoms with van der Waals surface area (Å²) < 4.78 is 1.31. The first-order chi connectivity index (χ1) is 14.1. The number of carbonyl (C=O) groups excluding carboxylic acids is 1. The molecule has 1 saturated heterocycles. The lowest BCUT2D eigenvalue weighted by Crippen LogP contribution is -2.40. The number of para-hydroxylation sites is 1. The molecule has 2 heterocycles. The Hall–Kier alpha value is -3.19. The van der Waals surface area contributed by atoms with Crippen LogP contribution in [0.25, 0.3) is 10.9 Å². The Bertz CT molecular complexity index is 1110. The Morgan fingerprint density at radius 1 is 1.00 bits per heavy atom. The zero-order chi connectivity index (χ0) is 20.2. The molecule has 29 heavy (non-hydrogen) atoms. The molecule has 1 atom stereocenters. The summed E-state index contributed by atoms with van der Waals surface area (Å²) in [6, 6.07) is 17.0. The molecule has 0 spiro atoms. The van der Waals surface area contributed by atoms with E-state index >= 15 is 0 Å². The SMILES string of the molecule is O=C(Cn1c(=O)[nH]c(=O)c2ccccc21)NC[C@@H](c1ccccc1)N1CCCC1. The van der Waals surface area contributed by atoms with E-state index in [0.717, 1.165) is 25.9 Å². The van der Waals surface area contributed by atoms with Crippen LogP contribution in [0, 0.1) is 0 Å². The lowest BCUT2D eigenvalue weighted by Gasteiger charge is -2.28. The summed E-state index contributed by atoms with van der Waals surface area (Å²) in [5.41, 5.74) is 0.598. The first-order valence-electron chi connectivity index (χ1n) is 9.91. The van der Waals surface area contributed by atoms with Gasteiger partial charge >= 0.3 is 5.69 Å². The number of amides is 1. The minimum atomic E-state index is -0.581. The molecular formula is C22H24N4O3. The maximum Gasteiger partial charge on any atom is 0.329 e. The molecular weight excluding hydrogens is 368 g/mol. The molecule has 2 aromatic carbocycles. The van der Waals surface area contributed by atoms with E-state index in [1.54, 1.807) is 24.3 Å². The molecule has 150 valence electrons. The highest BCUT2D eigenvalue weighted by molar-refractivity contribution is 5.81. The Morgan fingerprint density at radius 2 is 1.69 bits per heavy atom. The van der Waals surface area contributed by atoms with Crippen molar-refractivity contribution in [3.8, 4) is 0 Å². The maximum atomic E-state index is 12.7. The van der Waals surface area contributed by atoms with E-state index in [4.69, 9.17) is 0 Å². The van der Waals surface area contributed by atoms with Crippen LogP contribution in [0.15, 0.2) is 64.2 Å². The van der Waals surface area contributed by atoms with Crippen LogP contribution in [0.2, 0.25) is 0 Å². The first-order valence-corrected chi connectivity index (χ1v) is 9.91. The van der Waals surface area contributed by atoms with Crippen molar-refractivity contribution in [2.45, 2.75) is 25.4 Å². The fourth-order valence-corrected chi connectivity index (χ4v) is 4.00. The predicted octanol–water partition coefficient (Wildman–Crippen LogP) is 1.64. The molecule has 3 aromatic rings. The molecule has 1 amide bonds. The monoisotopic (exact) mass is 392 g/mol. The van der Waals surface area contributed by atoms with Crippen LogP contribution in [0.5, 0.6) is 0 Å².